The fraction of sp³-hybridized carbons (Fsp3) is 0.583. The molecule has 1 aliphatic rings. The number of nitrogens with zero attached hydrogens (tertiary/aromatic N) is 2. The Labute approximate surface area is 110 Å². The topological polar surface area (TPSA) is 79.0 Å². The number of piperazine rings is 1. The Hall–Kier alpha value is -1.89. The largest absolute Gasteiger partial charge is 0.383 e. The molecule has 7 heteroatoms. The summed E-state index contributed by atoms with van der Waals surface area (Å²) in [6.45, 7) is 3.24. The van der Waals surface area contributed by atoms with Crippen LogP contribution in [0.1, 0.15) is 0 Å². The molecule has 1 aromatic rings. The van der Waals surface area contributed by atoms with Gasteiger partial charge in [0.15, 0.2) is 0 Å². The maximum absolute atomic E-state index is 11.7. The molecule has 1 fully saturated rings. The maximum Gasteiger partial charge on any atom is 0.253 e. The van der Waals surface area contributed by atoms with Gasteiger partial charge in [-0.3, -0.25) is 14.4 Å². The van der Waals surface area contributed by atoms with Crippen molar-refractivity contribution in [2.45, 2.75) is 0 Å². The highest BCUT2D eigenvalue weighted by atomic mass is 16.5. The van der Waals surface area contributed by atoms with Crippen LogP contribution in [0.15, 0.2) is 9.59 Å². The smallest absolute Gasteiger partial charge is 0.253 e. The fourth-order valence-electron chi connectivity index (χ4n) is 2.17. The number of carbonyl (C=O) groups excluding carboxylic acids is 1. The molecule has 1 saturated heterocycles. The molecule has 0 aliphatic carbocycles. The lowest BCUT2D eigenvalue weighted by Crippen LogP contribution is -2.51. The molecule has 1 aliphatic heterocycles. The summed E-state index contributed by atoms with van der Waals surface area (Å²) in [6, 6.07) is 0. The minimum atomic E-state index is -0.469. The average molecular weight is 267 g/mol. The summed E-state index contributed by atoms with van der Waals surface area (Å²) in [6.07, 6.45) is 0.803. The van der Waals surface area contributed by atoms with Crippen LogP contribution in [-0.2, 0) is 9.53 Å². The number of rotatable bonds is 6. The minimum absolute atomic E-state index is 0.376. The van der Waals surface area contributed by atoms with Gasteiger partial charge >= 0.3 is 0 Å². The third kappa shape index (κ3) is 2.60. The summed E-state index contributed by atoms with van der Waals surface area (Å²) in [5.41, 5.74) is -0.0864. The van der Waals surface area contributed by atoms with E-state index in [1.54, 1.807) is 12.0 Å². The zero-order valence-corrected chi connectivity index (χ0v) is 10.8. The average Bonchev–Trinajstić information content (AvgIpc) is 2.46. The normalized spacial score (nSPS) is 15.8. The molecule has 1 amide bonds. The number of hydrogen-bond donors (Lipinski definition) is 1. The monoisotopic (exact) mass is 267 g/mol. The first kappa shape index (κ1) is 13.5. The highest BCUT2D eigenvalue weighted by Crippen LogP contribution is 2.21. The Kier molecular flexibility index (Phi) is 4.16. The number of ether oxygens (including phenoxy) is 1. The number of nitrogens with one attached hydrogen (secondary N) is 1. The molecule has 0 aromatic heterocycles. The molecule has 19 heavy (non-hydrogen) atoms. The van der Waals surface area contributed by atoms with Crippen molar-refractivity contribution in [3.05, 3.63) is 20.4 Å². The Balaban J connectivity index is 2.04. The van der Waals surface area contributed by atoms with Crippen molar-refractivity contribution in [1.82, 2.24) is 4.90 Å². The summed E-state index contributed by atoms with van der Waals surface area (Å²) in [5, 5.41) is 2.93. The molecular formula is C12H17N3O4. The third-order valence-corrected chi connectivity index (χ3v) is 3.27. The number of carbonyl (C=O) groups is 1. The Morgan fingerprint density at radius 2 is 1.89 bits per heavy atom. The van der Waals surface area contributed by atoms with E-state index in [0.29, 0.717) is 50.7 Å². The van der Waals surface area contributed by atoms with Gasteiger partial charge in [-0.25, -0.2) is 0 Å². The molecule has 0 spiro atoms. The first-order valence-electron chi connectivity index (χ1n) is 6.19. The van der Waals surface area contributed by atoms with Crippen LogP contribution in [0.3, 0.4) is 0 Å². The molecular weight excluding hydrogens is 250 g/mol. The van der Waals surface area contributed by atoms with Gasteiger partial charge in [0.05, 0.1) is 6.61 Å². The minimum Gasteiger partial charge on any atom is -0.383 e. The second-order valence-electron chi connectivity index (χ2n) is 4.43. The van der Waals surface area contributed by atoms with Crippen LogP contribution in [0, 0.1) is 0 Å². The molecule has 1 aromatic carbocycles. The van der Waals surface area contributed by atoms with E-state index in [4.69, 9.17) is 4.74 Å². The first-order valence-corrected chi connectivity index (χ1v) is 6.19. The van der Waals surface area contributed by atoms with E-state index in [1.807, 2.05) is 4.90 Å². The zero-order chi connectivity index (χ0) is 13.8. The molecule has 0 unspecified atom stereocenters. The second kappa shape index (κ2) is 5.83. The van der Waals surface area contributed by atoms with Crippen LogP contribution in [0.5, 0.6) is 0 Å². The van der Waals surface area contributed by atoms with E-state index in [0.717, 1.165) is 6.41 Å². The summed E-state index contributed by atoms with van der Waals surface area (Å²) < 4.78 is 4.89. The molecule has 0 radical (unpaired) electrons. The van der Waals surface area contributed by atoms with Gasteiger partial charge in [-0.2, -0.15) is 0 Å². The van der Waals surface area contributed by atoms with Crippen molar-refractivity contribution in [2.75, 3.05) is 56.7 Å². The quantitative estimate of drug-likeness (QED) is 0.389. The number of anilines is 2. The van der Waals surface area contributed by atoms with Crippen LogP contribution in [0.2, 0.25) is 0 Å². The Morgan fingerprint density at radius 3 is 2.47 bits per heavy atom. The van der Waals surface area contributed by atoms with Gasteiger partial charge in [0, 0.05) is 39.8 Å². The van der Waals surface area contributed by atoms with E-state index >= 15 is 0 Å². The van der Waals surface area contributed by atoms with E-state index in [9.17, 15) is 14.4 Å². The van der Waals surface area contributed by atoms with Crippen LogP contribution in [0.4, 0.5) is 11.4 Å². The Bertz CT molecular complexity index is 513. The summed E-state index contributed by atoms with van der Waals surface area (Å²) in [7, 11) is 1.57. The van der Waals surface area contributed by atoms with Crippen molar-refractivity contribution in [3.8, 4) is 0 Å². The summed E-state index contributed by atoms with van der Waals surface area (Å²) in [5.74, 6) is 0. The van der Waals surface area contributed by atoms with Crippen LogP contribution >= 0.6 is 0 Å². The van der Waals surface area contributed by atoms with Crippen molar-refractivity contribution >= 4 is 17.8 Å². The predicted molar refractivity (Wildman–Crippen MR) is 71.6 cm³/mol. The number of amides is 1. The highest BCUT2D eigenvalue weighted by molar-refractivity contribution is 5.75. The lowest BCUT2D eigenvalue weighted by atomic mass is 10.1. The van der Waals surface area contributed by atoms with E-state index < -0.39 is 10.9 Å². The standard InChI is InChI=1S/C12H17N3O4/c1-19-7-2-13-9-10(12(18)11(9)17)15-5-3-14(8-16)4-6-15/h8,13H,2-7H2,1H3. The maximum atomic E-state index is 11.7. The fourth-order valence-corrected chi connectivity index (χ4v) is 2.17. The molecule has 104 valence electrons. The third-order valence-electron chi connectivity index (χ3n) is 3.27. The molecule has 0 atom stereocenters. The molecule has 1 N–H and O–H groups in total. The van der Waals surface area contributed by atoms with Gasteiger partial charge in [0.25, 0.3) is 10.9 Å². The predicted octanol–water partition coefficient (Wildman–Crippen LogP) is -1.38. The van der Waals surface area contributed by atoms with Crippen molar-refractivity contribution in [1.29, 1.82) is 0 Å². The van der Waals surface area contributed by atoms with Gasteiger partial charge in [0.2, 0.25) is 6.41 Å². The molecule has 0 saturated carbocycles. The zero-order valence-electron chi connectivity index (χ0n) is 10.8. The Morgan fingerprint density at radius 1 is 1.21 bits per heavy atom. The molecule has 7 nitrogen and oxygen atoms in total. The van der Waals surface area contributed by atoms with Crippen molar-refractivity contribution in [2.24, 2.45) is 0 Å². The van der Waals surface area contributed by atoms with Crippen molar-refractivity contribution < 1.29 is 9.53 Å². The van der Waals surface area contributed by atoms with Gasteiger partial charge in [-0.05, 0) is 0 Å². The van der Waals surface area contributed by atoms with Crippen molar-refractivity contribution in [3.63, 3.8) is 0 Å². The summed E-state index contributed by atoms with van der Waals surface area (Å²) in [4.78, 5) is 37.3. The summed E-state index contributed by atoms with van der Waals surface area (Å²) >= 11 is 0. The molecule has 1 heterocycles. The van der Waals surface area contributed by atoms with Crippen LogP contribution in [-0.4, -0.2) is 57.8 Å². The number of hydrogen-bond acceptors (Lipinski definition) is 6. The van der Waals surface area contributed by atoms with Crippen LogP contribution in [0.25, 0.3) is 0 Å². The second-order valence-corrected chi connectivity index (χ2v) is 4.43. The van der Waals surface area contributed by atoms with Crippen LogP contribution < -0.4 is 21.1 Å². The van der Waals surface area contributed by atoms with Gasteiger partial charge in [-0.15, -0.1) is 0 Å². The van der Waals surface area contributed by atoms with E-state index in [1.165, 1.54) is 0 Å². The lowest BCUT2D eigenvalue weighted by Gasteiger charge is -2.35. The highest BCUT2D eigenvalue weighted by Gasteiger charge is 2.27. The van der Waals surface area contributed by atoms with E-state index in [-0.39, 0.29) is 0 Å². The number of methoxy groups -OCH3 is 1. The molecule has 2 rings (SSSR count). The van der Waals surface area contributed by atoms with Gasteiger partial charge in [0.1, 0.15) is 11.4 Å². The first-order chi connectivity index (χ1) is 9.19. The molecule has 0 bridgehead atoms. The van der Waals surface area contributed by atoms with Gasteiger partial charge in [-0.1, -0.05) is 0 Å². The van der Waals surface area contributed by atoms with Gasteiger partial charge < -0.3 is 19.9 Å². The SMILES string of the molecule is COCCNc1c(N2CCN(C=O)CC2)c(=O)c1=O. The van der Waals surface area contributed by atoms with E-state index in [2.05, 4.69) is 5.32 Å². The lowest BCUT2D eigenvalue weighted by molar-refractivity contribution is -0.118.